The second kappa shape index (κ2) is 6.00. The average molecular weight is 325 g/mol. The molecule has 0 fully saturated rings. The quantitative estimate of drug-likeness (QED) is 0.862. The molecule has 96 valence electrons. The molecular weight excluding hydrogens is 308 g/mol. The van der Waals surface area contributed by atoms with E-state index in [1.807, 2.05) is 25.1 Å². The Morgan fingerprint density at radius 2 is 1.94 bits per heavy atom. The zero-order chi connectivity index (χ0) is 13.0. The molecule has 2 aromatic rings. The summed E-state index contributed by atoms with van der Waals surface area (Å²) in [5.41, 5.74) is 0.545. The van der Waals surface area contributed by atoms with E-state index in [0.29, 0.717) is 12.8 Å². The van der Waals surface area contributed by atoms with Crippen molar-refractivity contribution in [2.24, 2.45) is 0 Å². The van der Waals surface area contributed by atoms with E-state index in [9.17, 15) is 5.11 Å². The van der Waals surface area contributed by atoms with E-state index < -0.39 is 5.60 Å². The van der Waals surface area contributed by atoms with E-state index >= 15 is 0 Å². The summed E-state index contributed by atoms with van der Waals surface area (Å²) in [6.07, 6.45) is 2.19. The smallest absolute Gasteiger partial charge is 0.0733 e. The summed E-state index contributed by atoms with van der Waals surface area (Å²) in [6, 6.07) is 12.3. The first-order chi connectivity index (χ1) is 8.61. The van der Waals surface area contributed by atoms with Gasteiger partial charge in [0.25, 0.3) is 0 Å². The molecule has 0 aliphatic carbocycles. The largest absolute Gasteiger partial charge is 0.389 e. The molecular formula is C15H17BrOS. The molecule has 1 nitrogen and oxygen atoms in total. The van der Waals surface area contributed by atoms with Crippen molar-refractivity contribution in [3.8, 4) is 0 Å². The van der Waals surface area contributed by atoms with Crippen LogP contribution in [0, 0.1) is 0 Å². The van der Waals surface area contributed by atoms with Gasteiger partial charge in [0.15, 0.2) is 0 Å². The van der Waals surface area contributed by atoms with Gasteiger partial charge in [0.1, 0.15) is 0 Å². The molecule has 0 radical (unpaired) electrons. The predicted octanol–water partition coefficient (Wildman–Crippen LogP) is 4.44. The van der Waals surface area contributed by atoms with Crippen LogP contribution in [0.1, 0.15) is 23.8 Å². The zero-order valence-electron chi connectivity index (χ0n) is 10.4. The topological polar surface area (TPSA) is 20.2 Å². The molecule has 0 aliphatic heterocycles. The third kappa shape index (κ3) is 3.67. The molecule has 3 heteroatoms. The number of benzene rings is 1. The first-order valence-electron chi connectivity index (χ1n) is 6.10. The summed E-state index contributed by atoms with van der Waals surface area (Å²) < 4.78 is 1.10. The van der Waals surface area contributed by atoms with Gasteiger partial charge in [0.05, 0.1) is 5.60 Å². The summed E-state index contributed by atoms with van der Waals surface area (Å²) in [5.74, 6) is 0. The predicted molar refractivity (Wildman–Crippen MR) is 81.1 cm³/mol. The van der Waals surface area contributed by atoms with Crippen LogP contribution >= 0.6 is 27.3 Å². The molecule has 1 atom stereocenters. The minimum absolute atomic E-state index is 0.647. The molecule has 1 unspecified atom stereocenters. The first-order valence-corrected chi connectivity index (χ1v) is 7.78. The van der Waals surface area contributed by atoms with Gasteiger partial charge in [-0.1, -0.05) is 37.3 Å². The molecule has 2 rings (SSSR count). The Morgan fingerprint density at radius 3 is 2.50 bits per heavy atom. The lowest BCUT2D eigenvalue weighted by molar-refractivity contribution is 0.0376. The highest BCUT2D eigenvalue weighted by atomic mass is 79.9. The lowest BCUT2D eigenvalue weighted by Crippen LogP contribution is -2.33. The van der Waals surface area contributed by atoms with Gasteiger partial charge in [-0.25, -0.2) is 0 Å². The SMILES string of the molecule is CCC(O)(Cc1ccccc1)Cc1cc(Br)cs1. The van der Waals surface area contributed by atoms with Crippen LogP contribution in [0.25, 0.3) is 0 Å². The molecule has 1 N–H and O–H groups in total. The maximum absolute atomic E-state index is 10.7. The Morgan fingerprint density at radius 1 is 1.22 bits per heavy atom. The maximum Gasteiger partial charge on any atom is 0.0733 e. The van der Waals surface area contributed by atoms with Crippen molar-refractivity contribution >= 4 is 27.3 Å². The van der Waals surface area contributed by atoms with Crippen LogP contribution in [-0.2, 0) is 12.8 Å². The Kier molecular flexibility index (Phi) is 4.60. The van der Waals surface area contributed by atoms with Crippen molar-refractivity contribution in [2.75, 3.05) is 0 Å². The molecule has 0 amide bonds. The van der Waals surface area contributed by atoms with Gasteiger partial charge in [-0.2, -0.15) is 0 Å². The molecule has 0 saturated heterocycles. The molecule has 18 heavy (non-hydrogen) atoms. The molecule has 0 saturated carbocycles. The average Bonchev–Trinajstić information content (AvgIpc) is 2.75. The maximum atomic E-state index is 10.7. The number of hydrogen-bond acceptors (Lipinski definition) is 2. The van der Waals surface area contributed by atoms with Crippen LogP contribution in [-0.4, -0.2) is 10.7 Å². The fourth-order valence-corrected chi connectivity index (χ4v) is 3.65. The molecule has 1 aromatic carbocycles. The van der Waals surface area contributed by atoms with Crippen LogP contribution in [0.4, 0.5) is 0 Å². The zero-order valence-corrected chi connectivity index (χ0v) is 12.8. The van der Waals surface area contributed by atoms with E-state index in [0.717, 1.165) is 10.9 Å². The number of aliphatic hydroxyl groups is 1. The summed E-state index contributed by atoms with van der Waals surface area (Å²) in [7, 11) is 0. The second-order valence-electron chi connectivity index (χ2n) is 4.65. The summed E-state index contributed by atoms with van der Waals surface area (Å²) in [6.45, 7) is 2.05. The summed E-state index contributed by atoms with van der Waals surface area (Å²) in [5, 5.41) is 12.8. The van der Waals surface area contributed by atoms with Crippen molar-refractivity contribution in [2.45, 2.75) is 31.8 Å². The molecule has 0 aliphatic rings. The van der Waals surface area contributed by atoms with Gasteiger partial charge in [0.2, 0.25) is 0 Å². The van der Waals surface area contributed by atoms with E-state index in [1.165, 1.54) is 10.4 Å². The van der Waals surface area contributed by atoms with Gasteiger partial charge in [-0.05, 0) is 34.0 Å². The number of halogens is 1. The van der Waals surface area contributed by atoms with E-state index in [1.54, 1.807) is 11.3 Å². The summed E-state index contributed by atoms with van der Waals surface area (Å²) >= 11 is 5.15. The van der Waals surface area contributed by atoms with Crippen LogP contribution in [0.5, 0.6) is 0 Å². The lowest BCUT2D eigenvalue weighted by Gasteiger charge is -2.26. The number of hydrogen-bond donors (Lipinski definition) is 1. The van der Waals surface area contributed by atoms with Crippen LogP contribution in [0.15, 0.2) is 46.3 Å². The monoisotopic (exact) mass is 324 g/mol. The molecule has 0 spiro atoms. The van der Waals surface area contributed by atoms with E-state index in [-0.39, 0.29) is 0 Å². The van der Waals surface area contributed by atoms with Crippen molar-refractivity contribution < 1.29 is 5.11 Å². The van der Waals surface area contributed by atoms with Gasteiger partial charge >= 0.3 is 0 Å². The van der Waals surface area contributed by atoms with Gasteiger partial charge < -0.3 is 5.11 Å². The Hall–Kier alpha value is -0.640. The Bertz CT molecular complexity index is 494. The first kappa shape index (κ1) is 13.8. The third-order valence-electron chi connectivity index (χ3n) is 3.16. The van der Waals surface area contributed by atoms with Gasteiger partial charge in [-0.3, -0.25) is 0 Å². The Labute approximate surface area is 121 Å². The highest BCUT2D eigenvalue weighted by Gasteiger charge is 2.26. The number of rotatable bonds is 5. The normalized spacial score (nSPS) is 14.4. The minimum atomic E-state index is -0.647. The molecule has 1 aromatic heterocycles. The highest BCUT2D eigenvalue weighted by Crippen LogP contribution is 2.27. The van der Waals surface area contributed by atoms with E-state index in [4.69, 9.17) is 0 Å². The van der Waals surface area contributed by atoms with Crippen molar-refractivity contribution in [3.05, 3.63) is 56.7 Å². The fourth-order valence-electron chi connectivity index (χ4n) is 2.06. The van der Waals surface area contributed by atoms with Crippen LogP contribution in [0.2, 0.25) is 0 Å². The fraction of sp³-hybridized carbons (Fsp3) is 0.333. The third-order valence-corrected chi connectivity index (χ3v) is 4.86. The van der Waals surface area contributed by atoms with Crippen LogP contribution in [0.3, 0.4) is 0 Å². The van der Waals surface area contributed by atoms with Crippen molar-refractivity contribution in [1.82, 2.24) is 0 Å². The molecule has 0 bridgehead atoms. The second-order valence-corrected chi connectivity index (χ2v) is 6.56. The number of thiophene rings is 1. The highest BCUT2D eigenvalue weighted by molar-refractivity contribution is 9.10. The van der Waals surface area contributed by atoms with E-state index in [2.05, 4.69) is 39.5 Å². The standard InChI is InChI=1S/C15H17BrOS/c1-2-15(17,9-12-6-4-3-5-7-12)10-14-8-13(16)11-18-14/h3-8,11,17H,2,9-10H2,1H3. The lowest BCUT2D eigenvalue weighted by atomic mass is 9.88. The van der Waals surface area contributed by atoms with Gasteiger partial charge in [0, 0.05) is 27.6 Å². The van der Waals surface area contributed by atoms with Crippen LogP contribution < -0.4 is 0 Å². The Balaban J connectivity index is 2.10. The minimum Gasteiger partial charge on any atom is -0.389 e. The van der Waals surface area contributed by atoms with Gasteiger partial charge in [-0.15, -0.1) is 11.3 Å². The molecule has 1 heterocycles. The van der Waals surface area contributed by atoms with Crippen molar-refractivity contribution in [3.63, 3.8) is 0 Å². The summed E-state index contributed by atoms with van der Waals surface area (Å²) in [4.78, 5) is 1.22. The van der Waals surface area contributed by atoms with Crippen molar-refractivity contribution in [1.29, 1.82) is 0 Å².